The Hall–Kier alpha value is -3.03. The number of hydrogen-bond acceptors (Lipinski definition) is 3. The maximum absolute atomic E-state index is 12.7. The van der Waals surface area contributed by atoms with Gasteiger partial charge >= 0.3 is 6.18 Å². The third kappa shape index (κ3) is 3.79. The number of aryl methyl sites for hydroxylation is 2. The minimum absolute atomic E-state index is 0.0247. The van der Waals surface area contributed by atoms with E-state index in [9.17, 15) is 18.0 Å². The molecule has 0 spiro atoms. The first-order chi connectivity index (χ1) is 12.2. The highest BCUT2D eigenvalue weighted by molar-refractivity contribution is 5.93. The molecular weight excluding hydrogens is 347 g/mol. The van der Waals surface area contributed by atoms with E-state index in [-0.39, 0.29) is 12.2 Å². The van der Waals surface area contributed by atoms with Crippen molar-refractivity contribution in [2.45, 2.75) is 19.6 Å². The molecule has 0 bridgehead atoms. The SMILES string of the molecule is Cc1ccc(-c2cc(C(=O)NCc3cccc(C(F)(F)F)c3)n(C)n2)o1. The third-order valence-corrected chi connectivity index (χ3v) is 3.81. The molecule has 0 aliphatic heterocycles. The molecule has 1 amide bonds. The predicted octanol–water partition coefficient (Wildman–Crippen LogP) is 3.94. The minimum atomic E-state index is -4.42. The fraction of sp³-hybridized carbons (Fsp3) is 0.222. The maximum atomic E-state index is 12.7. The Morgan fingerprint density at radius 2 is 2.00 bits per heavy atom. The first-order valence-electron chi connectivity index (χ1n) is 7.79. The Balaban J connectivity index is 1.72. The standard InChI is InChI=1S/C18H16F3N3O2/c1-11-6-7-16(26-11)14-9-15(24(2)23-14)17(25)22-10-12-4-3-5-13(8-12)18(19,20)21/h3-9H,10H2,1-2H3,(H,22,25). The lowest BCUT2D eigenvalue weighted by Gasteiger charge is -2.09. The summed E-state index contributed by atoms with van der Waals surface area (Å²) in [5, 5.41) is 6.84. The Labute approximate surface area is 147 Å². The molecule has 0 unspecified atom stereocenters. The lowest BCUT2D eigenvalue weighted by atomic mass is 10.1. The van der Waals surface area contributed by atoms with Gasteiger partial charge in [0.05, 0.1) is 5.56 Å². The van der Waals surface area contributed by atoms with E-state index in [4.69, 9.17) is 4.42 Å². The molecule has 1 N–H and O–H groups in total. The van der Waals surface area contributed by atoms with E-state index in [1.54, 1.807) is 32.2 Å². The summed E-state index contributed by atoms with van der Waals surface area (Å²) in [7, 11) is 1.61. The lowest BCUT2D eigenvalue weighted by Crippen LogP contribution is -2.25. The summed E-state index contributed by atoms with van der Waals surface area (Å²) in [6, 6.07) is 9.95. The van der Waals surface area contributed by atoms with Crippen LogP contribution in [0.3, 0.4) is 0 Å². The van der Waals surface area contributed by atoms with Gasteiger partial charge in [-0.2, -0.15) is 18.3 Å². The van der Waals surface area contributed by atoms with Crippen molar-refractivity contribution in [3.8, 4) is 11.5 Å². The van der Waals surface area contributed by atoms with E-state index in [2.05, 4.69) is 10.4 Å². The number of hydrogen-bond donors (Lipinski definition) is 1. The summed E-state index contributed by atoms with van der Waals surface area (Å²) in [4.78, 5) is 12.3. The summed E-state index contributed by atoms with van der Waals surface area (Å²) < 4.78 is 45.1. The van der Waals surface area contributed by atoms with Crippen LogP contribution < -0.4 is 5.32 Å². The Kier molecular flexibility index (Phi) is 4.58. The van der Waals surface area contributed by atoms with Gasteiger partial charge in [-0.05, 0) is 36.8 Å². The third-order valence-electron chi connectivity index (χ3n) is 3.81. The number of alkyl halides is 3. The molecule has 3 rings (SSSR count). The zero-order valence-electron chi connectivity index (χ0n) is 14.1. The number of aromatic nitrogens is 2. The minimum Gasteiger partial charge on any atom is -0.460 e. The molecule has 136 valence electrons. The first-order valence-corrected chi connectivity index (χ1v) is 7.79. The average Bonchev–Trinajstić information content (AvgIpc) is 3.18. The highest BCUT2D eigenvalue weighted by Gasteiger charge is 2.30. The number of carbonyl (C=O) groups excluding carboxylic acids is 1. The molecule has 2 aromatic heterocycles. The molecule has 0 fully saturated rings. The van der Waals surface area contributed by atoms with Crippen LogP contribution in [0.15, 0.2) is 46.9 Å². The fourth-order valence-electron chi connectivity index (χ4n) is 2.50. The van der Waals surface area contributed by atoms with Gasteiger partial charge in [0.2, 0.25) is 0 Å². The molecule has 0 aliphatic carbocycles. The van der Waals surface area contributed by atoms with Gasteiger partial charge in [-0.15, -0.1) is 0 Å². The molecule has 3 aromatic rings. The molecule has 26 heavy (non-hydrogen) atoms. The summed E-state index contributed by atoms with van der Waals surface area (Å²) in [6.07, 6.45) is -4.42. The lowest BCUT2D eigenvalue weighted by molar-refractivity contribution is -0.137. The monoisotopic (exact) mass is 363 g/mol. The van der Waals surface area contributed by atoms with E-state index in [0.29, 0.717) is 17.0 Å². The molecular formula is C18H16F3N3O2. The van der Waals surface area contributed by atoms with Gasteiger partial charge in [0, 0.05) is 19.7 Å². The topological polar surface area (TPSA) is 60.1 Å². The quantitative estimate of drug-likeness (QED) is 0.764. The van der Waals surface area contributed by atoms with Crippen LogP contribution in [-0.2, 0) is 19.8 Å². The van der Waals surface area contributed by atoms with Crippen molar-refractivity contribution in [1.29, 1.82) is 0 Å². The highest BCUT2D eigenvalue weighted by atomic mass is 19.4. The molecule has 0 atom stereocenters. The number of benzene rings is 1. The van der Waals surface area contributed by atoms with Crippen LogP contribution in [-0.4, -0.2) is 15.7 Å². The van der Waals surface area contributed by atoms with Crippen LogP contribution >= 0.6 is 0 Å². The van der Waals surface area contributed by atoms with Crippen molar-refractivity contribution in [3.05, 3.63) is 65.0 Å². The van der Waals surface area contributed by atoms with Gasteiger partial charge in [-0.1, -0.05) is 12.1 Å². The number of furan rings is 1. The van der Waals surface area contributed by atoms with Crippen LogP contribution in [0.25, 0.3) is 11.5 Å². The first kappa shape index (κ1) is 17.8. The van der Waals surface area contributed by atoms with Crippen LogP contribution in [0, 0.1) is 6.92 Å². The molecule has 0 saturated carbocycles. The Morgan fingerprint density at radius 1 is 1.23 bits per heavy atom. The number of carbonyl (C=O) groups is 1. The summed E-state index contributed by atoms with van der Waals surface area (Å²) in [5.74, 6) is 0.822. The number of nitrogens with one attached hydrogen (secondary N) is 1. The Morgan fingerprint density at radius 3 is 2.65 bits per heavy atom. The molecule has 0 radical (unpaired) electrons. The number of halogens is 3. The molecule has 8 heteroatoms. The van der Waals surface area contributed by atoms with Crippen LogP contribution in [0.4, 0.5) is 13.2 Å². The maximum Gasteiger partial charge on any atom is 0.416 e. The van der Waals surface area contributed by atoms with Crippen molar-refractivity contribution >= 4 is 5.91 Å². The van der Waals surface area contributed by atoms with Crippen molar-refractivity contribution in [3.63, 3.8) is 0 Å². The van der Waals surface area contributed by atoms with Gasteiger partial charge in [0.15, 0.2) is 5.76 Å². The summed E-state index contributed by atoms with van der Waals surface area (Å²) in [6.45, 7) is 1.78. The Bertz CT molecular complexity index is 941. The van der Waals surface area contributed by atoms with E-state index < -0.39 is 17.6 Å². The number of rotatable bonds is 4. The van der Waals surface area contributed by atoms with E-state index in [1.807, 2.05) is 0 Å². The average molecular weight is 363 g/mol. The highest BCUT2D eigenvalue weighted by Crippen LogP contribution is 2.29. The van der Waals surface area contributed by atoms with Crippen molar-refractivity contribution in [2.24, 2.45) is 7.05 Å². The zero-order chi connectivity index (χ0) is 18.9. The molecule has 2 heterocycles. The van der Waals surface area contributed by atoms with Crippen molar-refractivity contribution in [1.82, 2.24) is 15.1 Å². The van der Waals surface area contributed by atoms with Crippen LogP contribution in [0.5, 0.6) is 0 Å². The number of amides is 1. The van der Waals surface area contributed by atoms with E-state index >= 15 is 0 Å². The summed E-state index contributed by atoms with van der Waals surface area (Å²) >= 11 is 0. The molecule has 0 aliphatic rings. The predicted molar refractivity (Wildman–Crippen MR) is 88.3 cm³/mol. The normalized spacial score (nSPS) is 11.6. The van der Waals surface area contributed by atoms with Gasteiger partial charge in [0.25, 0.3) is 5.91 Å². The van der Waals surface area contributed by atoms with Gasteiger partial charge < -0.3 is 9.73 Å². The second kappa shape index (κ2) is 6.70. The van der Waals surface area contributed by atoms with Crippen LogP contribution in [0.1, 0.15) is 27.4 Å². The van der Waals surface area contributed by atoms with Gasteiger partial charge in [-0.3, -0.25) is 9.48 Å². The smallest absolute Gasteiger partial charge is 0.416 e. The summed E-state index contributed by atoms with van der Waals surface area (Å²) in [5.41, 5.74) is 0.392. The van der Waals surface area contributed by atoms with Crippen molar-refractivity contribution in [2.75, 3.05) is 0 Å². The van der Waals surface area contributed by atoms with Crippen molar-refractivity contribution < 1.29 is 22.4 Å². The number of nitrogens with zero attached hydrogens (tertiary/aromatic N) is 2. The van der Waals surface area contributed by atoms with Gasteiger partial charge in [0.1, 0.15) is 17.1 Å². The zero-order valence-corrected chi connectivity index (χ0v) is 14.1. The largest absolute Gasteiger partial charge is 0.460 e. The van der Waals surface area contributed by atoms with Gasteiger partial charge in [-0.25, -0.2) is 0 Å². The second-order valence-corrected chi connectivity index (χ2v) is 5.83. The van der Waals surface area contributed by atoms with E-state index in [1.165, 1.54) is 16.8 Å². The molecule has 1 aromatic carbocycles. The van der Waals surface area contributed by atoms with E-state index in [0.717, 1.165) is 17.9 Å². The second-order valence-electron chi connectivity index (χ2n) is 5.83. The fourth-order valence-corrected chi connectivity index (χ4v) is 2.50. The van der Waals surface area contributed by atoms with Crippen LogP contribution in [0.2, 0.25) is 0 Å². The molecule has 5 nitrogen and oxygen atoms in total. The molecule has 0 saturated heterocycles.